The third-order valence-electron chi connectivity index (χ3n) is 6.70. The van der Waals surface area contributed by atoms with E-state index in [1.807, 2.05) is 34.9 Å². The third kappa shape index (κ3) is 4.37. The summed E-state index contributed by atoms with van der Waals surface area (Å²) in [6.45, 7) is 3.94. The molecule has 1 N–H and O–H groups in total. The zero-order valence-electron chi connectivity index (χ0n) is 18.8. The molecule has 2 amide bonds. The quantitative estimate of drug-likeness (QED) is 0.653. The molecule has 0 unspecified atom stereocenters. The van der Waals surface area contributed by atoms with Crippen molar-refractivity contribution in [3.05, 3.63) is 70.9 Å². The maximum atomic E-state index is 12.8. The Bertz CT molecular complexity index is 1140. The molecule has 5 rings (SSSR count). The molecule has 170 valence electrons. The van der Waals surface area contributed by atoms with Gasteiger partial charge in [-0.05, 0) is 44.2 Å². The van der Waals surface area contributed by atoms with Gasteiger partial charge in [-0.15, -0.1) is 0 Å². The summed E-state index contributed by atoms with van der Waals surface area (Å²) in [5.41, 5.74) is 3.76. The predicted octanol–water partition coefficient (Wildman–Crippen LogP) is 3.05. The monoisotopic (exact) mass is 444 g/mol. The maximum absolute atomic E-state index is 12.8. The van der Waals surface area contributed by atoms with Crippen LogP contribution in [0.4, 0.5) is 5.82 Å². The number of nitrogens with zero attached hydrogens (tertiary/aromatic N) is 5. The van der Waals surface area contributed by atoms with Crippen molar-refractivity contribution in [3.63, 3.8) is 0 Å². The Balaban J connectivity index is 1.33. The van der Waals surface area contributed by atoms with Crippen molar-refractivity contribution in [1.29, 1.82) is 0 Å². The zero-order valence-corrected chi connectivity index (χ0v) is 18.8. The summed E-state index contributed by atoms with van der Waals surface area (Å²) in [6.07, 6.45) is 5.18. The lowest BCUT2D eigenvalue weighted by Gasteiger charge is -2.33. The van der Waals surface area contributed by atoms with Crippen molar-refractivity contribution in [3.8, 4) is 0 Å². The highest BCUT2D eigenvalue weighted by Crippen LogP contribution is 2.33. The SMILES string of the molecule is Cc1nc(C2CCN(C(=O)c3ccn[nH]3)CC2)nc2c1CCC(=O)N2CCc1ccccc1. The molecule has 33 heavy (non-hydrogen) atoms. The van der Waals surface area contributed by atoms with E-state index >= 15 is 0 Å². The molecule has 0 spiro atoms. The minimum Gasteiger partial charge on any atom is -0.337 e. The number of piperidine rings is 1. The number of carbonyl (C=O) groups is 2. The van der Waals surface area contributed by atoms with Gasteiger partial charge in [-0.1, -0.05) is 30.3 Å². The molecule has 2 aliphatic heterocycles. The standard InChI is InChI=1S/C25H28N6O2/c1-17-20-7-8-22(32)31(16-10-18-5-3-2-4-6-18)24(20)28-23(27-17)19-11-14-30(15-12-19)25(33)21-9-13-26-29-21/h2-6,9,13,19H,7-8,10-12,14-16H2,1H3,(H,26,29). The molecule has 0 atom stereocenters. The average molecular weight is 445 g/mol. The second kappa shape index (κ2) is 9.13. The number of aryl methyl sites for hydroxylation is 1. The van der Waals surface area contributed by atoms with Crippen molar-refractivity contribution in [2.45, 2.75) is 44.9 Å². The number of H-pyrrole nitrogens is 1. The number of likely N-dealkylation sites (tertiary alicyclic amines) is 1. The second-order valence-electron chi connectivity index (χ2n) is 8.79. The number of benzene rings is 1. The summed E-state index contributed by atoms with van der Waals surface area (Å²) in [6, 6.07) is 11.9. The maximum Gasteiger partial charge on any atom is 0.271 e. The van der Waals surface area contributed by atoms with Gasteiger partial charge in [-0.3, -0.25) is 19.6 Å². The summed E-state index contributed by atoms with van der Waals surface area (Å²) >= 11 is 0. The molecule has 8 heteroatoms. The van der Waals surface area contributed by atoms with Crippen LogP contribution in [0.5, 0.6) is 0 Å². The largest absolute Gasteiger partial charge is 0.337 e. The summed E-state index contributed by atoms with van der Waals surface area (Å²) in [5.74, 6) is 1.85. The molecule has 4 heterocycles. The van der Waals surface area contributed by atoms with Crippen molar-refractivity contribution in [1.82, 2.24) is 25.1 Å². The van der Waals surface area contributed by atoms with Gasteiger partial charge in [-0.2, -0.15) is 5.10 Å². The van der Waals surface area contributed by atoms with Crippen LogP contribution in [0.15, 0.2) is 42.6 Å². The van der Waals surface area contributed by atoms with Crippen LogP contribution >= 0.6 is 0 Å². The fraction of sp³-hybridized carbons (Fsp3) is 0.400. The molecule has 0 saturated carbocycles. The zero-order chi connectivity index (χ0) is 22.8. The van der Waals surface area contributed by atoms with Crippen LogP contribution in [-0.2, 0) is 17.6 Å². The van der Waals surface area contributed by atoms with Gasteiger partial charge in [0.2, 0.25) is 5.91 Å². The van der Waals surface area contributed by atoms with Gasteiger partial charge in [0.05, 0.1) is 0 Å². The number of nitrogens with one attached hydrogen (secondary N) is 1. The average Bonchev–Trinajstić information content (AvgIpc) is 3.39. The van der Waals surface area contributed by atoms with E-state index in [1.54, 1.807) is 12.3 Å². The van der Waals surface area contributed by atoms with E-state index in [2.05, 4.69) is 22.3 Å². The summed E-state index contributed by atoms with van der Waals surface area (Å²) in [7, 11) is 0. The Hall–Kier alpha value is -3.55. The molecular weight excluding hydrogens is 416 g/mol. The van der Waals surface area contributed by atoms with E-state index in [9.17, 15) is 9.59 Å². The number of aromatic nitrogens is 4. The first-order valence-electron chi connectivity index (χ1n) is 11.6. The van der Waals surface area contributed by atoms with Crippen molar-refractivity contribution < 1.29 is 9.59 Å². The minimum atomic E-state index is -0.0221. The van der Waals surface area contributed by atoms with Crippen LogP contribution in [0.3, 0.4) is 0 Å². The molecule has 1 aromatic carbocycles. The Morgan fingerprint density at radius 3 is 2.61 bits per heavy atom. The highest BCUT2D eigenvalue weighted by molar-refractivity contribution is 5.95. The van der Waals surface area contributed by atoms with Crippen LogP contribution in [0.25, 0.3) is 0 Å². The van der Waals surface area contributed by atoms with Gasteiger partial charge in [0.25, 0.3) is 5.91 Å². The molecule has 0 bridgehead atoms. The highest BCUT2D eigenvalue weighted by atomic mass is 16.2. The van der Waals surface area contributed by atoms with Gasteiger partial charge in [0, 0.05) is 49.4 Å². The fourth-order valence-electron chi connectivity index (χ4n) is 4.79. The summed E-state index contributed by atoms with van der Waals surface area (Å²) in [5, 5.41) is 6.62. The Labute approximate surface area is 193 Å². The van der Waals surface area contributed by atoms with Crippen LogP contribution in [0.1, 0.15) is 58.3 Å². The lowest BCUT2D eigenvalue weighted by Crippen LogP contribution is -2.40. The molecule has 0 radical (unpaired) electrons. The number of aromatic amines is 1. The molecule has 8 nitrogen and oxygen atoms in total. The Morgan fingerprint density at radius 1 is 1.09 bits per heavy atom. The van der Waals surface area contributed by atoms with E-state index in [4.69, 9.17) is 9.97 Å². The predicted molar refractivity (Wildman–Crippen MR) is 124 cm³/mol. The van der Waals surface area contributed by atoms with E-state index in [1.165, 1.54) is 5.56 Å². The summed E-state index contributed by atoms with van der Waals surface area (Å²) < 4.78 is 0. The molecule has 0 aliphatic carbocycles. The van der Waals surface area contributed by atoms with Crippen LogP contribution in [0, 0.1) is 6.92 Å². The number of amides is 2. The molecule has 3 aromatic rings. The first-order valence-corrected chi connectivity index (χ1v) is 11.6. The topological polar surface area (TPSA) is 95.1 Å². The first-order chi connectivity index (χ1) is 16.1. The summed E-state index contributed by atoms with van der Waals surface area (Å²) in [4.78, 5) is 38.9. The van der Waals surface area contributed by atoms with Crippen LogP contribution in [-0.4, -0.2) is 56.5 Å². The van der Waals surface area contributed by atoms with Gasteiger partial charge < -0.3 is 4.90 Å². The molecule has 1 saturated heterocycles. The number of rotatable bonds is 5. The van der Waals surface area contributed by atoms with E-state index < -0.39 is 0 Å². The lowest BCUT2D eigenvalue weighted by atomic mass is 9.94. The molecule has 2 aromatic heterocycles. The fourth-order valence-corrected chi connectivity index (χ4v) is 4.79. The van der Waals surface area contributed by atoms with Crippen molar-refractivity contribution >= 4 is 17.6 Å². The van der Waals surface area contributed by atoms with E-state index in [0.29, 0.717) is 38.2 Å². The number of hydrogen-bond acceptors (Lipinski definition) is 5. The Morgan fingerprint density at radius 2 is 1.88 bits per heavy atom. The van der Waals surface area contributed by atoms with E-state index in [0.717, 1.165) is 42.2 Å². The third-order valence-corrected chi connectivity index (χ3v) is 6.70. The highest BCUT2D eigenvalue weighted by Gasteiger charge is 2.31. The minimum absolute atomic E-state index is 0.0221. The van der Waals surface area contributed by atoms with Crippen molar-refractivity contribution in [2.24, 2.45) is 0 Å². The van der Waals surface area contributed by atoms with Gasteiger partial charge >= 0.3 is 0 Å². The van der Waals surface area contributed by atoms with Gasteiger partial charge in [-0.25, -0.2) is 9.97 Å². The second-order valence-corrected chi connectivity index (χ2v) is 8.79. The molecular formula is C25H28N6O2. The van der Waals surface area contributed by atoms with Crippen molar-refractivity contribution in [2.75, 3.05) is 24.5 Å². The number of hydrogen-bond donors (Lipinski definition) is 1. The van der Waals surface area contributed by atoms with Gasteiger partial charge in [0.1, 0.15) is 17.3 Å². The number of carbonyl (C=O) groups excluding carboxylic acids is 2. The number of anilines is 1. The lowest BCUT2D eigenvalue weighted by molar-refractivity contribution is -0.118. The van der Waals surface area contributed by atoms with Gasteiger partial charge in [0.15, 0.2) is 0 Å². The smallest absolute Gasteiger partial charge is 0.271 e. The first kappa shape index (κ1) is 21.3. The molecule has 1 fully saturated rings. The molecule has 2 aliphatic rings. The van der Waals surface area contributed by atoms with E-state index in [-0.39, 0.29) is 17.7 Å². The normalized spacial score (nSPS) is 16.7. The number of fused-ring (bicyclic) bond motifs is 1. The Kier molecular flexibility index (Phi) is 5.90. The van der Waals surface area contributed by atoms with Crippen LogP contribution < -0.4 is 4.90 Å². The van der Waals surface area contributed by atoms with Crippen LogP contribution in [0.2, 0.25) is 0 Å².